The number of methoxy groups -OCH3 is 1. The molecule has 0 aromatic heterocycles. The molecule has 1 aromatic rings. The highest BCUT2D eigenvalue weighted by Crippen LogP contribution is 2.38. The Morgan fingerprint density at radius 1 is 1.48 bits per heavy atom. The summed E-state index contributed by atoms with van der Waals surface area (Å²) in [5.41, 5.74) is 1.05. The van der Waals surface area contributed by atoms with Crippen molar-refractivity contribution < 1.29 is 22.8 Å². The number of esters is 1. The second-order valence-electron chi connectivity index (χ2n) is 4.73. The monoisotopic (exact) mass is 331 g/mol. The lowest BCUT2D eigenvalue weighted by Gasteiger charge is -2.16. The van der Waals surface area contributed by atoms with Crippen LogP contribution in [0.15, 0.2) is 22.2 Å². The van der Waals surface area contributed by atoms with Gasteiger partial charge in [-0.1, -0.05) is 16.8 Å². The molecule has 1 aliphatic rings. The molecule has 21 heavy (non-hydrogen) atoms. The van der Waals surface area contributed by atoms with E-state index in [1.807, 2.05) is 0 Å². The summed E-state index contributed by atoms with van der Waals surface area (Å²) < 4.78 is 28.5. The van der Waals surface area contributed by atoms with Crippen molar-refractivity contribution in [3.05, 3.63) is 28.3 Å². The highest BCUT2D eigenvalue weighted by molar-refractivity contribution is 7.90. The predicted molar refractivity (Wildman–Crippen MR) is 77.5 cm³/mol. The molecule has 0 fully saturated rings. The highest BCUT2D eigenvalue weighted by Gasteiger charge is 2.31. The molecule has 6 nitrogen and oxygen atoms in total. The maximum absolute atomic E-state index is 11.9. The summed E-state index contributed by atoms with van der Waals surface area (Å²) in [5, 5.41) is 3.81. The van der Waals surface area contributed by atoms with Crippen molar-refractivity contribution in [3.63, 3.8) is 0 Å². The van der Waals surface area contributed by atoms with Crippen molar-refractivity contribution in [1.29, 1.82) is 0 Å². The van der Waals surface area contributed by atoms with Gasteiger partial charge in [0, 0.05) is 18.2 Å². The van der Waals surface area contributed by atoms with Gasteiger partial charge in [-0.15, -0.1) is 0 Å². The molecule has 1 aromatic carbocycles. The molecule has 0 saturated carbocycles. The Balaban J connectivity index is 2.65. The minimum atomic E-state index is -3.53. The lowest BCUT2D eigenvalue weighted by molar-refractivity contribution is 0.0599. The van der Waals surface area contributed by atoms with Crippen LogP contribution in [0, 0.1) is 0 Å². The average molecular weight is 332 g/mol. The van der Waals surface area contributed by atoms with E-state index in [2.05, 4.69) is 9.89 Å². The third kappa shape index (κ3) is 3.03. The van der Waals surface area contributed by atoms with E-state index in [9.17, 15) is 13.2 Å². The molecule has 2 rings (SSSR count). The van der Waals surface area contributed by atoms with Crippen LogP contribution < -0.4 is 0 Å². The number of carbonyl (C=O) groups excluding carboxylic acids is 1. The molecule has 0 amide bonds. The number of oxime groups is 1. The van der Waals surface area contributed by atoms with E-state index >= 15 is 0 Å². The third-order valence-corrected chi connectivity index (χ3v) is 4.65. The number of hydrogen-bond acceptors (Lipinski definition) is 6. The van der Waals surface area contributed by atoms with Crippen LogP contribution in [-0.2, 0) is 19.4 Å². The van der Waals surface area contributed by atoms with E-state index in [1.54, 1.807) is 6.92 Å². The number of ether oxygens (including phenoxy) is 1. The van der Waals surface area contributed by atoms with E-state index in [4.69, 9.17) is 16.4 Å². The molecule has 0 bridgehead atoms. The average Bonchev–Trinajstić information content (AvgIpc) is 2.82. The van der Waals surface area contributed by atoms with Crippen LogP contribution in [0.25, 0.3) is 0 Å². The zero-order valence-corrected chi connectivity index (χ0v) is 13.3. The first kappa shape index (κ1) is 15.8. The Bertz CT molecular complexity index is 726. The fraction of sp³-hybridized carbons (Fsp3) is 0.385. The van der Waals surface area contributed by atoms with Gasteiger partial charge in [0.1, 0.15) is 0 Å². The molecule has 0 spiro atoms. The van der Waals surface area contributed by atoms with Crippen LogP contribution in [0.2, 0.25) is 5.02 Å². The first-order valence-electron chi connectivity index (χ1n) is 6.05. The predicted octanol–water partition coefficient (Wildman–Crippen LogP) is 2.37. The van der Waals surface area contributed by atoms with Crippen LogP contribution in [0.4, 0.5) is 0 Å². The SMILES string of the molecule is COC(=O)c1ccc(S(C)(=O)=O)c(C2CC(C)=NO2)c1Cl. The lowest BCUT2D eigenvalue weighted by Crippen LogP contribution is -2.12. The summed E-state index contributed by atoms with van der Waals surface area (Å²) >= 11 is 6.23. The Labute approximate surface area is 127 Å². The van der Waals surface area contributed by atoms with Crippen LogP contribution in [0.1, 0.15) is 35.4 Å². The molecule has 8 heteroatoms. The Morgan fingerprint density at radius 3 is 2.62 bits per heavy atom. The van der Waals surface area contributed by atoms with Gasteiger partial charge in [0.05, 0.1) is 28.3 Å². The van der Waals surface area contributed by atoms with Crippen LogP contribution >= 0.6 is 11.6 Å². The van der Waals surface area contributed by atoms with Crippen molar-refractivity contribution in [2.24, 2.45) is 5.16 Å². The fourth-order valence-electron chi connectivity index (χ4n) is 2.12. The van der Waals surface area contributed by atoms with Gasteiger partial charge in [-0.05, 0) is 19.1 Å². The van der Waals surface area contributed by atoms with E-state index in [0.717, 1.165) is 12.0 Å². The number of halogens is 1. The maximum Gasteiger partial charge on any atom is 0.339 e. The van der Waals surface area contributed by atoms with E-state index in [1.165, 1.54) is 19.2 Å². The van der Waals surface area contributed by atoms with E-state index in [0.29, 0.717) is 6.42 Å². The summed E-state index contributed by atoms with van der Waals surface area (Å²) in [6, 6.07) is 2.66. The molecule has 0 saturated heterocycles. The second kappa shape index (κ2) is 5.65. The summed E-state index contributed by atoms with van der Waals surface area (Å²) in [6.07, 6.45) is 0.849. The number of hydrogen-bond donors (Lipinski definition) is 0. The third-order valence-electron chi connectivity index (χ3n) is 3.08. The summed E-state index contributed by atoms with van der Waals surface area (Å²) in [6.45, 7) is 1.76. The lowest BCUT2D eigenvalue weighted by atomic mass is 10.0. The fourth-order valence-corrected chi connectivity index (χ4v) is 3.49. The Morgan fingerprint density at radius 2 is 2.14 bits per heavy atom. The molecule has 0 N–H and O–H groups in total. The summed E-state index contributed by atoms with van der Waals surface area (Å²) in [7, 11) is -2.30. The second-order valence-corrected chi connectivity index (χ2v) is 7.09. The normalized spacial score (nSPS) is 18.1. The minimum Gasteiger partial charge on any atom is -0.465 e. The van der Waals surface area contributed by atoms with Gasteiger partial charge in [-0.2, -0.15) is 0 Å². The van der Waals surface area contributed by atoms with Gasteiger partial charge in [0.25, 0.3) is 0 Å². The van der Waals surface area contributed by atoms with Gasteiger partial charge in [0.15, 0.2) is 15.9 Å². The highest BCUT2D eigenvalue weighted by atomic mass is 35.5. The molecule has 1 unspecified atom stereocenters. The molecular weight excluding hydrogens is 318 g/mol. The first-order chi connectivity index (χ1) is 9.75. The number of benzene rings is 1. The van der Waals surface area contributed by atoms with Crippen LogP contribution in [-0.4, -0.2) is 33.5 Å². The molecule has 1 heterocycles. The van der Waals surface area contributed by atoms with E-state index < -0.39 is 21.9 Å². The van der Waals surface area contributed by atoms with Gasteiger partial charge in [-0.3, -0.25) is 0 Å². The number of sulfone groups is 1. The van der Waals surface area contributed by atoms with Gasteiger partial charge >= 0.3 is 5.97 Å². The quantitative estimate of drug-likeness (QED) is 0.794. The van der Waals surface area contributed by atoms with Gasteiger partial charge in [-0.25, -0.2) is 13.2 Å². The zero-order chi connectivity index (χ0) is 15.8. The van der Waals surface area contributed by atoms with Crippen molar-refractivity contribution >= 4 is 33.1 Å². The van der Waals surface area contributed by atoms with Crippen molar-refractivity contribution in [3.8, 4) is 0 Å². The summed E-state index contributed by atoms with van der Waals surface area (Å²) in [4.78, 5) is 16.9. The minimum absolute atomic E-state index is 0.0136. The van der Waals surface area contributed by atoms with Crippen molar-refractivity contribution in [2.45, 2.75) is 24.3 Å². The molecule has 1 atom stereocenters. The summed E-state index contributed by atoms with van der Waals surface area (Å²) in [5.74, 6) is -0.642. The van der Waals surface area contributed by atoms with Gasteiger partial charge < -0.3 is 9.57 Å². The first-order valence-corrected chi connectivity index (χ1v) is 8.32. The number of carbonyl (C=O) groups is 1. The zero-order valence-electron chi connectivity index (χ0n) is 11.7. The van der Waals surface area contributed by atoms with Crippen molar-refractivity contribution in [1.82, 2.24) is 0 Å². The maximum atomic E-state index is 11.9. The van der Waals surface area contributed by atoms with Crippen LogP contribution in [0.3, 0.4) is 0 Å². The van der Waals surface area contributed by atoms with Crippen molar-refractivity contribution in [2.75, 3.05) is 13.4 Å². The Hall–Kier alpha value is -1.60. The molecular formula is C13H14ClNO5S. The number of nitrogens with zero attached hydrogens (tertiary/aromatic N) is 1. The largest absolute Gasteiger partial charge is 0.465 e. The molecule has 0 aliphatic carbocycles. The molecule has 1 aliphatic heterocycles. The smallest absolute Gasteiger partial charge is 0.339 e. The van der Waals surface area contributed by atoms with Crippen LogP contribution in [0.5, 0.6) is 0 Å². The molecule has 114 valence electrons. The van der Waals surface area contributed by atoms with Gasteiger partial charge in [0.2, 0.25) is 0 Å². The molecule has 0 radical (unpaired) electrons. The standard InChI is InChI=1S/C13H14ClNO5S/c1-7-6-9(20-15-7)11-10(21(3,17)18)5-4-8(12(11)14)13(16)19-2/h4-5,9H,6H2,1-3H3. The number of rotatable bonds is 3. The Kier molecular flexibility index (Phi) is 4.25. The van der Waals surface area contributed by atoms with E-state index in [-0.39, 0.29) is 21.0 Å². The topological polar surface area (TPSA) is 82.0 Å².